The molecule has 0 heterocycles. The van der Waals surface area contributed by atoms with Crippen LogP contribution >= 0.6 is 0 Å². The lowest BCUT2D eigenvalue weighted by Gasteiger charge is -2.25. The van der Waals surface area contributed by atoms with E-state index in [2.05, 4.69) is 10.0 Å². The van der Waals surface area contributed by atoms with Gasteiger partial charge >= 0.3 is 0 Å². The van der Waals surface area contributed by atoms with Crippen molar-refractivity contribution in [2.45, 2.75) is 31.7 Å². The van der Waals surface area contributed by atoms with Crippen molar-refractivity contribution >= 4 is 27.3 Å². The number of anilines is 2. The Bertz CT molecular complexity index is 616. The molecule has 0 saturated heterocycles. The molecular weight excluding hydrogens is 290 g/mol. The van der Waals surface area contributed by atoms with Crippen molar-refractivity contribution in [2.75, 3.05) is 16.3 Å². The van der Waals surface area contributed by atoms with Crippen LogP contribution in [0.4, 0.5) is 11.4 Å². The van der Waals surface area contributed by atoms with Gasteiger partial charge in [-0.1, -0.05) is 12.5 Å². The smallest absolute Gasteiger partial charge is 0.229 e. The Balaban J connectivity index is 2.02. The third-order valence-electron chi connectivity index (χ3n) is 3.52. The van der Waals surface area contributed by atoms with Gasteiger partial charge in [0.2, 0.25) is 15.9 Å². The minimum atomic E-state index is -3.33. The maximum atomic E-state index is 12.2. The van der Waals surface area contributed by atoms with E-state index in [9.17, 15) is 13.2 Å². The second-order valence-electron chi connectivity index (χ2n) is 5.57. The number of hydrogen-bond acceptors (Lipinski definition) is 4. The SMILES string of the molecule is CS(=O)(=O)Nc1cccc(NC(=O)C2CCCC(N)C2)c1. The molecule has 1 aromatic rings. The van der Waals surface area contributed by atoms with Crippen molar-refractivity contribution in [1.82, 2.24) is 0 Å². The summed E-state index contributed by atoms with van der Waals surface area (Å²) in [6, 6.07) is 6.74. The maximum Gasteiger partial charge on any atom is 0.229 e. The van der Waals surface area contributed by atoms with Crippen molar-refractivity contribution in [1.29, 1.82) is 0 Å². The van der Waals surface area contributed by atoms with Gasteiger partial charge in [-0.3, -0.25) is 9.52 Å². The van der Waals surface area contributed by atoms with Crippen LogP contribution in [-0.4, -0.2) is 26.6 Å². The van der Waals surface area contributed by atoms with Crippen molar-refractivity contribution in [3.05, 3.63) is 24.3 Å². The van der Waals surface area contributed by atoms with E-state index >= 15 is 0 Å². The average molecular weight is 311 g/mol. The van der Waals surface area contributed by atoms with Gasteiger partial charge < -0.3 is 11.1 Å². The van der Waals surface area contributed by atoms with E-state index in [-0.39, 0.29) is 17.9 Å². The molecule has 0 spiro atoms. The zero-order chi connectivity index (χ0) is 15.5. The fourth-order valence-corrected chi connectivity index (χ4v) is 3.14. The van der Waals surface area contributed by atoms with Crippen LogP contribution in [-0.2, 0) is 14.8 Å². The molecule has 0 aromatic heterocycles. The quantitative estimate of drug-likeness (QED) is 0.784. The van der Waals surface area contributed by atoms with Crippen LogP contribution in [0.25, 0.3) is 0 Å². The van der Waals surface area contributed by atoms with Crippen molar-refractivity contribution in [2.24, 2.45) is 11.7 Å². The Morgan fingerprint density at radius 3 is 2.67 bits per heavy atom. The Labute approximate surface area is 125 Å². The number of sulfonamides is 1. The van der Waals surface area contributed by atoms with Crippen LogP contribution in [0.2, 0.25) is 0 Å². The summed E-state index contributed by atoms with van der Waals surface area (Å²) in [5, 5.41) is 2.83. The lowest BCUT2D eigenvalue weighted by molar-refractivity contribution is -0.120. The minimum Gasteiger partial charge on any atom is -0.328 e. The first-order chi connectivity index (χ1) is 9.83. The van der Waals surface area contributed by atoms with E-state index in [4.69, 9.17) is 5.73 Å². The predicted molar refractivity (Wildman–Crippen MR) is 83.5 cm³/mol. The molecular formula is C14H21N3O3S. The monoisotopic (exact) mass is 311 g/mol. The van der Waals surface area contributed by atoms with E-state index in [0.717, 1.165) is 25.5 Å². The molecule has 1 saturated carbocycles. The summed E-state index contributed by atoms with van der Waals surface area (Å²) in [7, 11) is -3.33. The van der Waals surface area contributed by atoms with Gasteiger partial charge in [-0.25, -0.2) is 8.42 Å². The van der Waals surface area contributed by atoms with E-state index in [0.29, 0.717) is 17.8 Å². The summed E-state index contributed by atoms with van der Waals surface area (Å²) < 4.78 is 24.8. The lowest BCUT2D eigenvalue weighted by atomic mass is 9.85. The van der Waals surface area contributed by atoms with E-state index in [1.807, 2.05) is 0 Å². The van der Waals surface area contributed by atoms with Gasteiger partial charge in [-0.2, -0.15) is 0 Å². The Morgan fingerprint density at radius 2 is 2.00 bits per heavy atom. The van der Waals surface area contributed by atoms with Crippen LogP contribution < -0.4 is 15.8 Å². The fraction of sp³-hybridized carbons (Fsp3) is 0.500. The van der Waals surface area contributed by atoms with Gasteiger partial charge in [0, 0.05) is 17.6 Å². The Kier molecular flexibility index (Phi) is 4.84. The molecule has 7 heteroatoms. The van der Waals surface area contributed by atoms with Crippen LogP contribution in [0.1, 0.15) is 25.7 Å². The Hall–Kier alpha value is -1.60. The normalized spacial score (nSPS) is 22.6. The summed E-state index contributed by atoms with van der Waals surface area (Å²) in [5.74, 6) is -0.123. The molecule has 1 aliphatic carbocycles. The molecule has 0 bridgehead atoms. The fourth-order valence-electron chi connectivity index (χ4n) is 2.58. The molecule has 2 rings (SSSR count). The van der Waals surface area contributed by atoms with Gasteiger partial charge in [0.05, 0.1) is 11.9 Å². The molecule has 1 aromatic carbocycles. The van der Waals surface area contributed by atoms with Crippen LogP contribution in [0, 0.1) is 5.92 Å². The number of rotatable bonds is 4. The molecule has 6 nitrogen and oxygen atoms in total. The number of hydrogen-bond donors (Lipinski definition) is 3. The number of nitrogens with two attached hydrogens (primary N) is 1. The third kappa shape index (κ3) is 5.02. The summed E-state index contributed by atoms with van der Waals surface area (Å²) in [6.07, 6.45) is 4.57. The second kappa shape index (κ2) is 6.44. The van der Waals surface area contributed by atoms with Crippen molar-refractivity contribution in [3.8, 4) is 0 Å². The summed E-state index contributed by atoms with van der Waals surface area (Å²) >= 11 is 0. The largest absolute Gasteiger partial charge is 0.328 e. The van der Waals surface area contributed by atoms with E-state index in [1.54, 1.807) is 24.3 Å². The highest BCUT2D eigenvalue weighted by Gasteiger charge is 2.25. The molecule has 1 amide bonds. The van der Waals surface area contributed by atoms with Gasteiger partial charge in [0.1, 0.15) is 0 Å². The minimum absolute atomic E-state index is 0.0540. The van der Waals surface area contributed by atoms with E-state index in [1.165, 1.54) is 0 Å². The Morgan fingerprint density at radius 1 is 1.29 bits per heavy atom. The summed E-state index contributed by atoms with van der Waals surface area (Å²) in [5.41, 5.74) is 6.90. The van der Waals surface area contributed by atoms with Crippen LogP contribution in [0.15, 0.2) is 24.3 Å². The number of amides is 1. The van der Waals surface area contributed by atoms with Crippen molar-refractivity contribution < 1.29 is 13.2 Å². The molecule has 4 N–H and O–H groups in total. The zero-order valence-corrected chi connectivity index (χ0v) is 12.8. The molecule has 0 aliphatic heterocycles. The van der Waals surface area contributed by atoms with Crippen molar-refractivity contribution in [3.63, 3.8) is 0 Å². The lowest BCUT2D eigenvalue weighted by Crippen LogP contribution is -2.34. The highest BCUT2D eigenvalue weighted by atomic mass is 32.2. The topological polar surface area (TPSA) is 101 Å². The van der Waals surface area contributed by atoms with Gasteiger partial charge in [-0.15, -0.1) is 0 Å². The van der Waals surface area contributed by atoms with Gasteiger partial charge in [0.15, 0.2) is 0 Å². The maximum absolute atomic E-state index is 12.2. The molecule has 0 radical (unpaired) electrons. The van der Waals surface area contributed by atoms with Gasteiger partial charge in [-0.05, 0) is 37.5 Å². The molecule has 1 aliphatic rings. The molecule has 21 heavy (non-hydrogen) atoms. The van der Waals surface area contributed by atoms with E-state index < -0.39 is 10.0 Å². The highest BCUT2D eigenvalue weighted by molar-refractivity contribution is 7.92. The third-order valence-corrected chi connectivity index (χ3v) is 4.13. The summed E-state index contributed by atoms with van der Waals surface area (Å²) in [6.45, 7) is 0. The van der Waals surface area contributed by atoms with Crippen LogP contribution in [0.3, 0.4) is 0 Å². The number of carbonyl (C=O) groups is 1. The molecule has 116 valence electrons. The standard InChI is InChI=1S/C14H21N3O3S/c1-21(19,20)17-13-7-3-6-12(9-13)16-14(18)10-4-2-5-11(15)8-10/h3,6-7,9-11,17H,2,4-5,8,15H2,1H3,(H,16,18). The average Bonchev–Trinajstić information content (AvgIpc) is 2.37. The molecule has 2 atom stereocenters. The summed E-state index contributed by atoms with van der Waals surface area (Å²) in [4.78, 5) is 12.2. The first-order valence-electron chi connectivity index (χ1n) is 6.98. The zero-order valence-electron chi connectivity index (χ0n) is 12.0. The van der Waals surface area contributed by atoms with Gasteiger partial charge in [0.25, 0.3) is 0 Å². The second-order valence-corrected chi connectivity index (χ2v) is 7.32. The highest BCUT2D eigenvalue weighted by Crippen LogP contribution is 2.25. The first kappa shape index (κ1) is 15.8. The van der Waals surface area contributed by atoms with Crippen LogP contribution in [0.5, 0.6) is 0 Å². The number of benzene rings is 1. The number of carbonyl (C=O) groups excluding carboxylic acids is 1. The predicted octanol–water partition coefficient (Wildman–Crippen LogP) is 1.51. The number of nitrogens with one attached hydrogen (secondary N) is 2. The first-order valence-corrected chi connectivity index (χ1v) is 8.87. The molecule has 1 fully saturated rings. The molecule has 2 unspecified atom stereocenters.